The topological polar surface area (TPSA) is 49.9 Å². The first kappa shape index (κ1) is 24.3. The number of fused-ring (bicyclic) bond motifs is 1. The number of nitrogens with zero attached hydrogens (tertiary/aromatic N) is 2. The first-order chi connectivity index (χ1) is 15.3. The minimum absolute atomic E-state index is 0.00675. The van der Waals surface area contributed by atoms with Gasteiger partial charge < -0.3 is 14.5 Å². The molecule has 0 N–H and O–H groups in total. The molecule has 2 unspecified atom stereocenters. The van der Waals surface area contributed by atoms with E-state index in [-0.39, 0.29) is 30.4 Å². The van der Waals surface area contributed by atoms with Gasteiger partial charge >= 0.3 is 0 Å². The van der Waals surface area contributed by atoms with E-state index in [4.69, 9.17) is 4.74 Å². The van der Waals surface area contributed by atoms with Crippen LogP contribution in [0.3, 0.4) is 0 Å². The van der Waals surface area contributed by atoms with Crippen LogP contribution in [0.25, 0.3) is 0 Å². The number of carbonyl (C=O) groups is 2. The number of benzene rings is 1. The van der Waals surface area contributed by atoms with Crippen molar-refractivity contribution in [3.63, 3.8) is 0 Å². The molecule has 1 aromatic carbocycles. The Morgan fingerprint density at radius 3 is 2.50 bits per heavy atom. The van der Waals surface area contributed by atoms with Gasteiger partial charge in [-0.1, -0.05) is 39.8 Å². The predicted molar refractivity (Wildman–Crippen MR) is 130 cm³/mol. The molecule has 1 aromatic heterocycles. The van der Waals surface area contributed by atoms with Gasteiger partial charge in [-0.25, -0.2) is 0 Å². The van der Waals surface area contributed by atoms with Crippen molar-refractivity contribution < 1.29 is 14.3 Å². The normalized spacial score (nSPS) is 16.6. The van der Waals surface area contributed by atoms with E-state index in [1.54, 1.807) is 16.2 Å². The molecule has 0 fully saturated rings. The molecule has 0 saturated heterocycles. The molecule has 1 aliphatic heterocycles. The molecular formula is C26H36N2O3S. The Morgan fingerprint density at radius 2 is 1.88 bits per heavy atom. The second kappa shape index (κ2) is 11.0. The molecule has 1 aliphatic rings. The minimum Gasteiger partial charge on any atom is -0.491 e. The molecule has 2 aromatic rings. The van der Waals surface area contributed by atoms with E-state index in [1.807, 2.05) is 37.8 Å². The first-order valence-corrected chi connectivity index (χ1v) is 12.6. The quantitative estimate of drug-likeness (QED) is 0.507. The number of hydrogen-bond donors (Lipinski definition) is 0. The third-order valence-corrected chi connectivity index (χ3v) is 7.42. The standard InChI is InChI=1S/C26H36N2O3S/c1-6-19(5)28(25(29)7-2)16-26(30)27-14-12-24-22(13-15-32-24)23(27)17-31-21-10-8-20(9-11-21)18(3)4/h8-11,13,15,18-19,23H,6-7,12,14,16-17H2,1-5H3. The third kappa shape index (κ3) is 5.52. The fourth-order valence-corrected chi connectivity index (χ4v) is 5.08. The van der Waals surface area contributed by atoms with E-state index in [9.17, 15) is 9.59 Å². The number of ether oxygens (including phenoxy) is 1. The van der Waals surface area contributed by atoms with Gasteiger partial charge in [-0.15, -0.1) is 11.3 Å². The summed E-state index contributed by atoms with van der Waals surface area (Å²) in [6.07, 6.45) is 2.08. The molecule has 0 spiro atoms. The minimum atomic E-state index is -0.141. The summed E-state index contributed by atoms with van der Waals surface area (Å²) in [5.74, 6) is 1.31. The van der Waals surface area contributed by atoms with Crippen LogP contribution in [0.15, 0.2) is 35.7 Å². The second-order valence-corrected chi connectivity index (χ2v) is 9.82. The van der Waals surface area contributed by atoms with E-state index in [0.29, 0.717) is 25.5 Å². The van der Waals surface area contributed by atoms with Gasteiger partial charge in [0.25, 0.3) is 0 Å². The third-order valence-electron chi connectivity index (χ3n) is 6.42. The second-order valence-electron chi connectivity index (χ2n) is 8.82. The lowest BCUT2D eigenvalue weighted by Crippen LogP contribution is -2.49. The lowest BCUT2D eigenvalue weighted by atomic mass is 10.00. The van der Waals surface area contributed by atoms with Crippen molar-refractivity contribution in [2.24, 2.45) is 0 Å². The molecular weight excluding hydrogens is 420 g/mol. The van der Waals surface area contributed by atoms with Crippen LogP contribution >= 0.6 is 11.3 Å². The Balaban J connectivity index is 1.76. The van der Waals surface area contributed by atoms with Gasteiger partial charge in [0.1, 0.15) is 18.9 Å². The van der Waals surface area contributed by atoms with Crippen molar-refractivity contribution in [3.8, 4) is 5.75 Å². The van der Waals surface area contributed by atoms with Crippen LogP contribution in [0.5, 0.6) is 5.75 Å². The van der Waals surface area contributed by atoms with Crippen molar-refractivity contribution in [2.45, 2.75) is 71.9 Å². The maximum atomic E-state index is 13.4. The SMILES string of the molecule is CCC(=O)N(CC(=O)N1CCc2sccc2C1COc1ccc(C(C)C)cc1)C(C)CC. The first-order valence-electron chi connectivity index (χ1n) is 11.7. The summed E-state index contributed by atoms with van der Waals surface area (Å²) in [5, 5.41) is 2.09. The maximum absolute atomic E-state index is 13.4. The highest BCUT2D eigenvalue weighted by atomic mass is 32.1. The fraction of sp³-hybridized carbons (Fsp3) is 0.538. The van der Waals surface area contributed by atoms with E-state index in [2.05, 4.69) is 37.4 Å². The van der Waals surface area contributed by atoms with Crippen molar-refractivity contribution >= 4 is 23.2 Å². The summed E-state index contributed by atoms with van der Waals surface area (Å²) in [7, 11) is 0. The number of hydrogen-bond acceptors (Lipinski definition) is 4. The summed E-state index contributed by atoms with van der Waals surface area (Å²) in [4.78, 5) is 30.9. The number of thiophene rings is 1. The Hall–Kier alpha value is -2.34. The molecule has 3 rings (SSSR count). The number of amides is 2. The van der Waals surface area contributed by atoms with Crippen LogP contribution in [0.4, 0.5) is 0 Å². The Morgan fingerprint density at radius 1 is 1.16 bits per heavy atom. The predicted octanol–water partition coefficient (Wildman–Crippen LogP) is 5.41. The summed E-state index contributed by atoms with van der Waals surface area (Å²) >= 11 is 1.74. The lowest BCUT2D eigenvalue weighted by Gasteiger charge is -2.38. The molecule has 6 heteroatoms. The summed E-state index contributed by atoms with van der Waals surface area (Å²) < 4.78 is 6.16. The molecule has 2 amide bonds. The number of rotatable bonds is 9. The highest BCUT2D eigenvalue weighted by Gasteiger charge is 2.34. The maximum Gasteiger partial charge on any atom is 0.242 e. The van der Waals surface area contributed by atoms with Crippen molar-refractivity contribution in [1.82, 2.24) is 9.80 Å². The molecule has 0 saturated carbocycles. The van der Waals surface area contributed by atoms with Crippen LogP contribution < -0.4 is 4.74 Å². The van der Waals surface area contributed by atoms with E-state index < -0.39 is 0 Å². The van der Waals surface area contributed by atoms with Crippen LogP contribution in [0, 0.1) is 0 Å². The van der Waals surface area contributed by atoms with Gasteiger partial charge in [0.2, 0.25) is 11.8 Å². The monoisotopic (exact) mass is 456 g/mol. The van der Waals surface area contributed by atoms with Crippen molar-refractivity contribution in [3.05, 3.63) is 51.7 Å². The zero-order valence-corrected chi connectivity index (χ0v) is 20.8. The van der Waals surface area contributed by atoms with Gasteiger partial charge in [0, 0.05) is 23.9 Å². The lowest BCUT2D eigenvalue weighted by molar-refractivity contribution is -0.144. The largest absolute Gasteiger partial charge is 0.491 e. The Labute approximate surface area is 196 Å². The smallest absolute Gasteiger partial charge is 0.242 e. The average molecular weight is 457 g/mol. The summed E-state index contributed by atoms with van der Waals surface area (Å²) in [6, 6.07) is 10.2. The van der Waals surface area contributed by atoms with Gasteiger partial charge in [-0.2, -0.15) is 0 Å². The van der Waals surface area contributed by atoms with Gasteiger partial charge in [-0.3, -0.25) is 9.59 Å². The van der Waals surface area contributed by atoms with Crippen LogP contribution in [0.1, 0.15) is 75.4 Å². The van der Waals surface area contributed by atoms with Crippen molar-refractivity contribution in [1.29, 1.82) is 0 Å². The van der Waals surface area contributed by atoms with Gasteiger partial charge in [0.15, 0.2) is 0 Å². The van der Waals surface area contributed by atoms with Gasteiger partial charge in [-0.05, 0) is 60.4 Å². The Kier molecular flexibility index (Phi) is 8.35. The molecule has 174 valence electrons. The average Bonchev–Trinajstić information content (AvgIpc) is 3.29. The number of carbonyl (C=O) groups excluding carboxylic acids is 2. The zero-order valence-electron chi connectivity index (χ0n) is 20.0. The van der Waals surface area contributed by atoms with Crippen LogP contribution in [-0.4, -0.2) is 47.4 Å². The summed E-state index contributed by atoms with van der Waals surface area (Å²) in [5.41, 5.74) is 2.45. The van der Waals surface area contributed by atoms with E-state index >= 15 is 0 Å². The molecule has 5 nitrogen and oxygen atoms in total. The summed E-state index contributed by atoms with van der Waals surface area (Å²) in [6.45, 7) is 11.4. The molecule has 2 atom stereocenters. The molecule has 32 heavy (non-hydrogen) atoms. The molecule has 2 heterocycles. The molecule has 0 radical (unpaired) electrons. The highest BCUT2D eigenvalue weighted by Crippen LogP contribution is 2.34. The molecule has 0 aliphatic carbocycles. The highest BCUT2D eigenvalue weighted by molar-refractivity contribution is 7.10. The van der Waals surface area contributed by atoms with Crippen LogP contribution in [-0.2, 0) is 16.0 Å². The van der Waals surface area contributed by atoms with E-state index in [0.717, 1.165) is 18.6 Å². The van der Waals surface area contributed by atoms with Crippen molar-refractivity contribution in [2.75, 3.05) is 19.7 Å². The van der Waals surface area contributed by atoms with Crippen LogP contribution in [0.2, 0.25) is 0 Å². The fourth-order valence-electron chi connectivity index (χ4n) is 4.15. The molecule has 0 bridgehead atoms. The van der Waals surface area contributed by atoms with E-state index in [1.165, 1.54) is 16.0 Å². The zero-order chi connectivity index (χ0) is 23.3. The van der Waals surface area contributed by atoms with Gasteiger partial charge in [0.05, 0.1) is 6.04 Å². The Bertz CT molecular complexity index is 906.